The molecule has 4 aliphatic rings. The van der Waals surface area contributed by atoms with Gasteiger partial charge in [-0.15, -0.1) is 0 Å². The first-order valence-electron chi connectivity index (χ1n) is 12.9. The fourth-order valence-electron chi connectivity index (χ4n) is 8.34. The summed E-state index contributed by atoms with van der Waals surface area (Å²) in [4.78, 5) is 0. The van der Waals surface area contributed by atoms with Gasteiger partial charge in [-0.3, -0.25) is 0 Å². The molecule has 0 aromatic carbocycles. The van der Waals surface area contributed by atoms with Crippen molar-refractivity contribution in [1.29, 1.82) is 5.26 Å². The molecule has 0 aliphatic heterocycles. The number of nitrogens with zero attached hydrogens (tertiary/aromatic N) is 1. The van der Waals surface area contributed by atoms with Gasteiger partial charge in [0.05, 0.1) is 17.1 Å². The quantitative estimate of drug-likeness (QED) is 0.483. The van der Waals surface area contributed by atoms with Crippen molar-refractivity contribution in [3.63, 3.8) is 0 Å². The van der Waals surface area contributed by atoms with Gasteiger partial charge in [0.15, 0.2) is 0 Å². The van der Waals surface area contributed by atoms with E-state index in [-0.39, 0.29) is 5.41 Å². The highest BCUT2D eigenvalue weighted by molar-refractivity contribution is 5.26. The molecule has 1 N–H and O–H groups in total. The minimum Gasteiger partial charge on any atom is -0.390 e. The van der Waals surface area contributed by atoms with Gasteiger partial charge >= 0.3 is 0 Å². The summed E-state index contributed by atoms with van der Waals surface area (Å²) in [5, 5.41) is 19.9. The van der Waals surface area contributed by atoms with Crippen LogP contribution in [0.3, 0.4) is 0 Å². The van der Waals surface area contributed by atoms with E-state index in [0.717, 1.165) is 54.8 Å². The molecule has 3 saturated carbocycles. The maximum Gasteiger partial charge on any atom is 0.0683 e. The van der Waals surface area contributed by atoms with Crippen molar-refractivity contribution in [2.75, 3.05) is 0 Å². The zero-order valence-corrected chi connectivity index (χ0v) is 20.2. The van der Waals surface area contributed by atoms with Crippen LogP contribution < -0.4 is 0 Å². The van der Waals surface area contributed by atoms with Crippen LogP contribution in [0.2, 0.25) is 0 Å². The average Bonchev–Trinajstić information content (AvgIpc) is 3.12. The molecule has 0 radical (unpaired) electrons. The molecular weight excluding hydrogens is 366 g/mol. The molecule has 168 valence electrons. The van der Waals surface area contributed by atoms with Gasteiger partial charge in [-0.05, 0) is 119 Å². The van der Waals surface area contributed by atoms with E-state index in [1.54, 1.807) is 5.57 Å². The van der Waals surface area contributed by atoms with Crippen molar-refractivity contribution in [3.05, 3.63) is 11.6 Å². The zero-order valence-electron chi connectivity index (χ0n) is 20.2. The van der Waals surface area contributed by atoms with Crippen molar-refractivity contribution >= 4 is 0 Å². The van der Waals surface area contributed by atoms with E-state index in [4.69, 9.17) is 0 Å². The maximum absolute atomic E-state index is 10.6. The minimum atomic E-state index is -0.483. The third-order valence-corrected chi connectivity index (χ3v) is 10.2. The van der Waals surface area contributed by atoms with Gasteiger partial charge in [0, 0.05) is 0 Å². The Morgan fingerprint density at radius 1 is 1.13 bits per heavy atom. The molecule has 0 saturated heterocycles. The minimum absolute atomic E-state index is 0.164. The summed E-state index contributed by atoms with van der Waals surface area (Å²) in [6.45, 7) is 11.2. The molecule has 2 nitrogen and oxygen atoms in total. The monoisotopic (exact) mass is 411 g/mol. The SMILES string of the molecule is C[C@H](CCCC(C)(C)C#N)C1CCC2C1CCC1C2CC=C2C[C@@](C)(O)CCC21C. The van der Waals surface area contributed by atoms with Crippen molar-refractivity contribution in [2.24, 2.45) is 46.3 Å². The second kappa shape index (κ2) is 7.95. The number of hydrogen-bond acceptors (Lipinski definition) is 2. The molecule has 30 heavy (non-hydrogen) atoms. The molecule has 4 rings (SSSR count). The topological polar surface area (TPSA) is 44.0 Å². The average molecular weight is 412 g/mol. The highest BCUT2D eigenvalue weighted by Crippen LogP contribution is 2.63. The van der Waals surface area contributed by atoms with Crippen LogP contribution in [0.15, 0.2) is 11.6 Å². The van der Waals surface area contributed by atoms with Crippen LogP contribution in [0.4, 0.5) is 0 Å². The van der Waals surface area contributed by atoms with Crippen LogP contribution in [-0.2, 0) is 0 Å². The van der Waals surface area contributed by atoms with Crippen LogP contribution in [0, 0.1) is 57.7 Å². The molecule has 3 fully saturated rings. The van der Waals surface area contributed by atoms with Gasteiger partial charge < -0.3 is 5.11 Å². The molecule has 0 amide bonds. The molecule has 0 heterocycles. The van der Waals surface area contributed by atoms with Crippen LogP contribution in [0.1, 0.15) is 105 Å². The lowest BCUT2D eigenvalue weighted by Crippen LogP contribution is -2.49. The molecule has 8 atom stereocenters. The Morgan fingerprint density at radius 2 is 1.87 bits per heavy atom. The predicted molar refractivity (Wildman–Crippen MR) is 124 cm³/mol. The van der Waals surface area contributed by atoms with Crippen LogP contribution >= 0.6 is 0 Å². The van der Waals surface area contributed by atoms with Gasteiger partial charge in [-0.1, -0.05) is 38.3 Å². The summed E-state index contributed by atoms with van der Waals surface area (Å²) in [5.74, 6) is 5.32. The number of rotatable bonds is 5. The van der Waals surface area contributed by atoms with E-state index in [9.17, 15) is 10.4 Å². The van der Waals surface area contributed by atoms with E-state index >= 15 is 0 Å². The van der Waals surface area contributed by atoms with Gasteiger partial charge in [-0.25, -0.2) is 0 Å². The van der Waals surface area contributed by atoms with E-state index < -0.39 is 5.60 Å². The van der Waals surface area contributed by atoms with E-state index in [1.165, 1.54) is 51.4 Å². The molecule has 2 heteroatoms. The third-order valence-electron chi connectivity index (χ3n) is 10.2. The lowest BCUT2D eigenvalue weighted by Gasteiger charge is -2.56. The first-order valence-corrected chi connectivity index (χ1v) is 12.9. The number of nitriles is 1. The fraction of sp³-hybridized carbons (Fsp3) is 0.893. The Balaban J connectivity index is 1.41. The molecule has 6 unspecified atom stereocenters. The lowest BCUT2D eigenvalue weighted by molar-refractivity contribution is -0.0431. The van der Waals surface area contributed by atoms with Crippen LogP contribution in [-0.4, -0.2) is 10.7 Å². The summed E-state index contributed by atoms with van der Waals surface area (Å²) >= 11 is 0. The number of allylic oxidation sites excluding steroid dienone is 1. The van der Waals surface area contributed by atoms with Crippen molar-refractivity contribution in [3.8, 4) is 6.07 Å². The Bertz CT molecular complexity index is 713. The summed E-state index contributed by atoms with van der Waals surface area (Å²) in [5.41, 5.74) is 1.29. The van der Waals surface area contributed by atoms with Gasteiger partial charge in [0.2, 0.25) is 0 Å². The van der Waals surface area contributed by atoms with Crippen LogP contribution in [0.5, 0.6) is 0 Å². The number of hydrogen-bond donors (Lipinski definition) is 1. The predicted octanol–water partition coefficient (Wildman–Crippen LogP) is 7.28. The van der Waals surface area contributed by atoms with Gasteiger partial charge in [-0.2, -0.15) is 5.26 Å². The normalized spacial score (nSPS) is 44.3. The third kappa shape index (κ3) is 4.01. The summed E-state index contributed by atoms with van der Waals surface area (Å²) in [6.07, 6.45) is 16.1. The number of aliphatic hydroxyl groups is 1. The fourth-order valence-corrected chi connectivity index (χ4v) is 8.34. The van der Waals surface area contributed by atoms with Gasteiger partial charge in [0.25, 0.3) is 0 Å². The largest absolute Gasteiger partial charge is 0.390 e. The van der Waals surface area contributed by atoms with Crippen molar-refractivity contribution in [2.45, 2.75) is 111 Å². The molecule has 4 aliphatic carbocycles. The number of fused-ring (bicyclic) bond motifs is 5. The smallest absolute Gasteiger partial charge is 0.0683 e. The highest BCUT2D eigenvalue weighted by atomic mass is 16.3. The summed E-state index contributed by atoms with van der Waals surface area (Å²) < 4.78 is 0. The second-order valence-corrected chi connectivity index (χ2v) is 12.8. The molecule has 0 aromatic rings. The molecule has 0 bridgehead atoms. The molecular formula is C28H45NO. The lowest BCUT2D eigenvalue weighted by atomic mass is 9.49. The Morgan fingerprint density at radius 3 is 2.60 bits per heavy atom. The summed E-state index contributed by atoms with van der Waals surface area (Å²) in [7, 11) is 0. The Hall–Kier alpha value is -0.810. The van der Waals surface area contributed by atoms with E-state index in [1.807, 2.05) is 6.92 Å². The van der Waals surface area contributed by atoms with Crippen LogP contribution in [0.25, 0.3) is 0 Å². The first-order chi connectivity index (χ1) is 14.1. The Labute approximate surface area is 185 Å². The van der Waals surface area contributed by atoms with Gasteiger partial charge in [0.1, 0.15) is 0 Å². The second-order valence-electron chi connectivity index (χ2n) is 12.8. The maximum atomic E-state index is 10.6. The van der Waals surface area contributed by atoms with Crippen molar-refractivity contribution in [1.82, 2.24) is 0 Å². The zero-order chi connectivity index (χ0) is 21.7. The first kappa shape index (κ1) is 22.4. The summed E-state index contributed by atoms with van der Waals surface area (Å²) in [6, 6.07) is 2.47. The van der Waals surface area contributed by atoms with Crippen molar-refractivity contribution < 1.29 is 5.11 Å². The molecule has 0 spiro atoms. The molecule has 0 aromatic heterocycles. The highest BCUT2D eigenvalue weighted by Gasteiger charge is 2.55. The van der Waals surface area contributed by atoms with E-state index in [0.29, 0.717) is 5.41 Å². The van der Waals surface area contributed by atoms with E-state index in [2.05, 4.69) is 39.8 Å². The standard InChI is InChI=1S/C28H45NO/c1-19(7-6-14-26(2,3)18-29)21-10-11-23-22(21)12-13-25-24(23)9-8-20-17-27(4,30)15-16-28(20,25)5/h8,19,21-25,30H,6-7,9-17H2,1-5H3/t19-,21?,22?,23?,24?,25?,27+,28?/m1/s1. The Kier molecular flexibility index (Phi) is 5.93.